The van der Waals surface area contributed by atoms with Crippen molar-refractivity contribution in [3.8, 4) is 5.75 Å². The first-order chi connectivity index (χ1) is 10.9. The molecule has 1 aliphatic heterocycles. The lowest BCUT2D eigenvalue weighted by molar-refractivity contribution is -0.138. The zero-order valence-electron chi connectivity index (χ0n) is 11.7. The van der Waals surface area contributed by atoms with Crippen LogP contribution in [0.3, 0.4) is 0 Å². The Morgan fingerprint density at radius 1 is 1.52 bits per heavy atom. The Morgan fingerprint density at radius 3 is 2.91 bits per heavy atom. The van der Waals surface area contributed by atoms with Gasteiger partial charge in [0.15, 0.2) is 5.17 Å². The van der Waals surface area contributed by atoms with E-state index in [2.05, 4.69) is 15.5 Å². The SMILES string of the molecule is COc1cc(Cl)cc(Cl)c1C=NN=C1NC(=O)C(CC(=O)O)S1. The van der Waals surface area contributed by atoms with Gasteiger partial charge in [0.05, 0.1) is 30.3 Å². The first-order valence-electron chi connectivity index (χ1n) is 6.24. The van der Waals surface area contributed by atoms with E-state index in [1.54, 1.807) is 6.07 Å². The topological polar surface area (TPSA) is 100 Å². The predicted molar refractivity (Wildman–Crippen MR) is 89.8 cm³/mol. The first-order valence-corrected chi connectivity index (χ1v) is 7.87. The number of amidine groups is 1. The number of carboxylic acid groups (broad SMARTS) is 1. The second-order valence-corrected chi connectivity index (χ2v) is 6.38. The number of hydrogen-bond donors (Lipinski definition) is 2. The number of aliphatic carboxylic acids is 1. The highest BCUT2D eigenvalue weighted by Crippen LogP contribution is 2.29. The minimum atomic E-state index is -1.06. The van der Waals surface area contributed by atoms with E-state index >= 15 is 0 Å². The Labute approximate surface area is 145 Å². The molecule has 1 saturated heterocycles. The summed E-state index contributed by atoms with van der Waals surface area (Å²) in [5, 5.41) is 19.1. The molecule has 10 heteroatoms. The number of nitrogens with zero attached hydrogens (tertiary/aromatic N) is 2. The zero-order valence-corrected chi connectivity index (χ0v) is 14.1. The van der Waals surface area contributed by atoms with Crippen molar-refractivity contribution >= 4 is 58.2 Å². The average molecular weight is 376 g/mol. The number of ether oxygens (including phenoxy) is 1. The number of rotatable bonds is 5. The number of thioether (sulfide) groups is 1. The highest BCUT2D eigenvalue weighted by molar-refractivity contribution is 8.15. The Balaban J connectivity index is 2.13. The minimum Gasteiger partial charge on any atom is -0.496 e. The molecule has 2 rings (SSSR count). The van der Waals surface area contributed by atoms with Crippen molar-refractivity contribution < 1.29 is 19.4 Å². The fourth-order valence-electron chi connectivity index (χ4n) is 1.74. The normalized spacial score (nSPS) is 19.3. The molecule has 7 nitrogen and oxygen atoms in total. The lowest BCUT2D eigenvalue weighted by Crippen LogP contribution is -2.26. The average Bonchev–Trinajstić information content (AvgIpc) is 2.80. The van der Waals surface area contributed by atoms with Gasteiger partial charge >= 0.3 is 5.97 Å². The zero-order chi connectivity index (χ0) is 17.0. The molecular weight excluding hydrogens is 365 g/mol. The minimum absolute atomic E-state index is 0.224. The maximum absolute atomic E-state index is 11.6. The van der Waals surface area contributed by atoms with Crippen LogP contribution in [0.15, 0.2) is 22.3 Å². The monoisotopic (exact) mass is 375 g/mol. The largest absolute Gasteiger partial charge is 0.496 e. The molecule has 1 unspecified atom stereocenters. The summed E-state index contributed by atoms with van der Waals surface area (Å²) in [4.78, 5) is 22.2. The number of hydrogen-bond acceptors (Lipinski definition) is 6. The van der Waals surface area contributed by atoms with E-state index in [1.807, 2.05) is 0 Å². The number of carbonyl (C=O) groups excluding carboxylic acids is 1. The van der Waals surface area contributed by atoms with Crippen LogP contribution in [-0.4, -0.2) is 40.7 Å². The maximum atomic E-state index is 11.6. The summed E-state index contributed by atoms with van der Waals surface area (Å²) in [7, 11) is 1.47. The van der Waals surface area contributed by atoms with Gasteiger partial charge < -0.3 is 15.2 Å². The third kappa shape index (κ3) is 4.60. The molecular formula is C13H11Cl2N3O4S. The molecule has 122 valence electrons. The molecule has 0 aliphatic carbocycles. The van der Waals surface area contributed by atoms with E-state index in [4.69, 9.17) is 33.0 Å². The van der Waals surface area contributed by atoms with E-state index in [0.717, 1.165) is 11.8 Å². The molecule has 1 aromatic carbocycles. The molecule has 0 spiro atoms. The van der Waals surface area contributed by atoms with Crippen LogP contribution in [0.2, 0.25) is 10.0 Å². The summed E-state index contributed by atoms with van der Waals surface area (Å²) in [6.07, 6.45) is 1.08. The van der Waals surface area contributed by atoms with Gasteiger partial charge in [0.25, 0.3) is 0 Å². The molecule has 0 bridgehead atoms. The Kier molecular flexibility index (Phi) is 5.86. The summed E-state index contributed by atoms with van der Waals surface area (Å²) in [5.41, 5.74) is 0.485. The molecule has 0 aromatic heterocycles. The van der Waals surface area contributed by atoms with Crippen LogP contribution in [0.4, 0.5) is 0 Å². The van der Waals surface area contributed by atoms with E-state index in [-0.39, 0.29) is 11.6 Å². The van der Waals surface area contributed by atoms with Gasteiger partial charge in [-0.25, -0.2) is 0 Å². The van der Waals surface area contributed by atoms with E-state index < -0.39 is 17.1 Å². The van der Waals surface area contributed by atoms with Gasteiger partial charge in [-0.15, -0.1) is 5.10 Å². The van der Waals surface area contributed by atoms with Gasteiger partial charge in [-0.2, -0.15) is 5.10 Å². The van der Waals surface area contributed by atoms with Gasteiger partial charge in [-0.3, -0.25) is 9.59 Å². The Hall–Kier alpha value is -1.77. The van der Waals surface area contributed by atoms with Crippen LogP contribution in [-0.2, 0) is 9.59 Å². The highest BCUT2D eigenvalue weighted by Gasteiger charge is 2.32. The van der Waals surface area contributed by atoms with Crippen molar-refractivity contribution in [1.82, 2.24) is 5.32 Å². The second-order valence-electron chi connectivity index (χ2n) is 4.35. The molecule has 0 radical (unpaired) electrons. The van der Waals surface area contributed by atoms with E-state index in [1.165, 1.54) is 19.4 Å². The summed E-state index contributed by atoms with van der Waals surface area (Å²) in [5.74, 6) is -1.04. The van der Waals surface area contributed by atoms with Crippen LogP contribution in [0, 0.1) is 0 Å². The number of halogens is 2. The van der Waals surface area contributed by atoms with Crippen LogP contribution in [0.5, 0.6) is 5.75 Å². The number of carboxylic acids is 1. The van der Waals surface area contributed by atoms with Crippen LogP contribution >= 0.6 is 35.0 Å². The molecule has 1 heterocycles. The number of carbonyl (C=O) groups is 2. The molecule has 1 amide bonds. The van der Waals surface area contributed by atoms with Gasteiger partial charge in [-0.1, -0.05) is 35.0 Å². The van der Waals surface area contributed by atoms with Crippen LogP contribution in [0.25, 0.3) is 0 Å². The van der Waals surface area contributed by atoms with Crippen molar-refractivity contribution in [3.05, 3.63) is 27.7 Å². The van der Waals surface area contributed by atoms with Crippen molar-refractivity contribution in [2.45, 2.75) is 11.7 Å². The Morgan fingerprint density at radius 2 is 2.26 bits per heavy atom. The third-order valence-electron chi connectivity index (χ3n) is 2.75. The number of benzene rings is 1. The molecule has 1 aliphatic rings. The van der Waals surface area contributed by atoms with Gasteiger partial charge in [0.2, 0.25) is 5.91 Å². The molecule has 2 N–H and O–H groups in total. The number of nitrogens with one attached hydrogen (secondary N) is 1. The number of methoxy groups -OCH3 is 1. The molecule has 0 saturated carbocycles. The van der Waals surface area contributed by atoms with Gasteiger partial charge in [0.1, 0.15) is 11.0 Å². The molecule has 1 aromatic rings. The summed E-state index contributed by atoms with van der Waals surface area (Å²) < 4.78 is 5.16. The standard InChI is InChI=1S/C13H11Cl2N3O4S/c1-22-9-3-6(14)2-8(15)7(9)5-16-18-13-17-12(21)10(23-13)4-11(19)20/h2-3,5,10H,4H2,1H3,(H,19,20)(H,17,18,21). The van der Waals surface area contributed by atoms with Crippen molar-refractivity contribution in [2.24, 2.45) is 10.2 Å². The summed E-state index contributed by atoms with van der Waals surface area (Å²) in [6, 6.07) is 3.12. The smallest absolute Gasteiger partial charge is 0.305 e. The fourth-order valence-corrected chi connectivity index (χ4v) is 3.18. The van der Waals surface area contributed by atoms with Crippen molar-refractivity contribution in [2.75, 3.05) is 7.11 Å². The maximum Gasteiger partial charge on any atom is 0.305 e. The highest BCUT2D eigenvalue weighted by atomic mass is 35.5. The van der Waals surface area contributed by atoms with Gasteiger partial charge in [0, 0.05) is 5.02 Å². The molecule has 1 fully saturated rings. The lowest BCUT2D eigenvalue weighted by Gasteiger charge is -2.06. The van der Waals surface area contributed by atoms with Crippen LogP contribution in [0.1, 0.15) is 12.0 Å². The van der Waals surface area contributed by atoms with Crippen molar-refractivity contribution in [1.29, 1.82) is 0 Å². The second kappa shape index (κ2) is 7.67. The molecule has 1 atom stereocenters. The van der Waals surface area contributed by atoms with E-state index in [9.17, 15) is 9.59 Å². The van der Waals surface area contributed by atoms with Crippen LogP contribution < -0.4 is 10.1 Å². The Bertz CT molecular complexity index is 709. The lowest BCUT2D eigenvalue weighted by atomic mass is 10.2. The van der Waals surface area contributed by atoms with Gasteiger partial charge in [-0.05, 0) is 12.1 Å². The number of amides is 1. The van der Waals surface area contributed by atoms with E-state index in [0.29, 0.717) is 21.4 Å². The molecule has 23 heavy (non-hydrogen) atoms. The van der Waals surface area contributed by atoms with Crippen molar-refractivity contribution in [3.63, 3.8) is 0 Å². The fraction of sp³-hybridized carbons (Fsp3) is 0.231. The quantitative estimate of drug-likeness (QED) is 0.607. The summed E-state index contributed by atoms with van der Waals surface area (Å²) >= 11 is 13.0. The predicted octanol–water partition coefficient (Wildman–Crippen LogP) is 2.40. The third-order valence-corrected chi connectivity index (χ3v) is 4.35. The summed E-state index contributed by atoms with van der Waals surface area (Å²) in [6.45, 7) is 0. The first kappa shape index (κ1) is 17.6.